The molecule has 0 radical (unpaired) electrons. The third-order valence-electron chi connectivity index (χ3n) is 3.05. The van der Waals surface area contributed by atoms with Crippen molar-refractivity contribution in [1.29, 1.82) is 0 Å². The number of allylic oxidation sites excluding steroid dienone is 1. The molecule has 1 aromatic carbocycles. The predicted octanol–water partition coefficient (Wildman–Crippen LogP) is 0.528. The van der Waals surface area contributed by atoms with Gasteiger partial charge in [0.2, 0.25) is 5.95 Å². The summed E-state index contributed by atoms with van der Waals surface area (Å²) in [6, 6.07) is 0.774. The van der Waals surface area contributed by atoms with Crippen molar-refractivity contribution in [1.82, 2.24) is 14.8 Å². The summed E-state index contributed by atoms with van der Waals surface area (Å²) in [6.45, 7) is 0. The Morgan fingerprint density at radius 1 is 1.29 bits per heavy atom. The van der Waals surface area contributed by atoms with E-state index in [9.17, 15) is 25.4 Å². The molecule has 0 bridgehead atoms. The van der Waals surface area contributed by atoms with Gasteiger partial charge in [0, 0.05) is 12.1 Å². The maximum absolute atomic E-state index is 11.2. The number of aromatic hydroxyl groups is 3. The number of fused-ring (bicyclic) bond motifs is 1. The fourth-order valence-electron chi connectivity index (χ4n) is 2.20. The summed E-state index contributed by atoms with van der Waals surface area (Å²) in [4.78, 5) is 14.4. The molecule has 0 spiro atoms. The first-order chi connectivity index (χ1) is 9.99. The number of phenols is 3. The topological polar surface area (TPSA) is 147 Å². The second kappa shape index (κ2) is 4.37. The number of benzene rings is 1. The van der Waals surface area contributed by atoms with Crippen molar-refractivity contribution < 1.29 is 20.2 Å². The molecule has 2 heterocycles. The van der Waals surface area contributed by atoms with Crippen LogP contribution in [0.15, 0.2) is 30.4 Å². The molecule has 0 amide bonds. The summed E-state index contributed by atoms with van der Waals surface area (Å²) in [6.07, 6.45) is 2.29. The van der Waals surface area contributed by atoms with E-state index in [1.165, 1.54) is 6.33 Å². The van der Waals surface area contributed by atoms with E-state index in [0.717, 1.165) is 23.0 Å². The Balaban J connectivity index is 2.25. The molecule has 1 atom stereocenters. The van der Waals surface area contributed by atoms with E-state index in [1.807, 2.05) is 0 Å². The largest absolute Gasteiger partial charge is 0.508 e. The number of nitrogens with one attached hydrogen (secondary N) is 1. The molecule has 1 aromatic heterocycles. The Labute approximate surface area is 116 Å². The lowest BCUT2D eigenvalue weighted by atomic mass is 10.0. The minimum Gasteiger partial charge on any atom is -0.508 e. The summed E-state index contributed by atoms with van der Waals surface area (Å²) in [5.41, 5.74) is -0.492. The average molecular weight is 291 g/mol. The van der Waals surface area contributed by atoms with Gasteiger partial charge in [-0.25, -0.2) is 4.68 Å². The molecule has 1 aliphatic rings. The molecular weight excluding hydrogens is 282 g/mol. The lowest BCUT2D eigenvalue weighted by molar-refractivity contribution is -0.431. The number of aromatic nitrogens is 3. The molecule has 4 N–H and O–H groups in total. The fourth-order valence-corrected chi connectivity index (χ4v) is 2.20. The number of nitrogens with zero attached hydrogens (tertiary/aromatic N) is 4. The number of phenolic OH excluding ortho intramolecular Hbond substituents is 3. The normalized spacial score (nSPS) is 16.8. The van der Waals surface area contributed by atoms with Gasteiger partial charge in [0.25, 0.3) is 5.70 Å². The Morgan fingerprint density at radius 2 is 1.95 bits per heavy atom. The maximum Gasteiger partial charge on any atom is 0.291 e. The van der Waals surface area contributed by atoms with Gasteiger partial charge in [0.1, 0.15) is 23.6 Å². The van der Waals surface area contributed by atoms with Gasteiger partial charge in [-0.3, -0.25) is 10.1 Å². The number of rotatable bonds is 2. The molecule has 1 aliphatic heterocycles. The summed E-state index contributed by atoms with van der Waals surface area (Å²) >= 11 is 0. The van der Waals surface area contributed by atoms with Gasteiger partial charge in [0.15, 0.2) is 6.04 Å². The van der Waals surface area contributed by atoms with E-state index in [0.29, 0.717) is 0 Å². The van der Waals surface area contributed by atoms with Gasteiger partial charge in [-0.05, 0) is 0 Å². The van der Waals surface area contributed by atoms with Crippen LogP contribution >= 0.6 is 0 Å². The van der Waals surface area contributed by atoms with E-state index < -0.39 is 22.5 Å². The number of hydrogen-bond acceptors (Lipinski definition) is 8. The number of nitro groups is 1. The van der Waals surface area contributed by atoms with Crippen molar-refractivity contribution in [2.75, 3.05) is 5.32 Å². The quantitative estimate of drug-likeness (QED) is 0.462. The highest BCUT2D eigenvalue weighted by atomic mass is 16.6. The Bertz CT molecular complexity index is 745. The molecule has 2 aromatic rings. The first kappa shape index (κ1) is 12.7. The second-order valence-electron chi connectivity index (χ2n) is 4.30. The molecule has 3 rings (SSSR count). The standard InChI is InChI=1S/C11H9N5O5/c17-5-1-7(18)9(8(19)2-5)10-6(16(20)21)3-12-11-13-4-14-15(10)11/h1-4,10,17-19H,(H,12,13,14). The average Bonchev–Trinajstić information content (AvgIpc) is 2.85. The van der Waals surface area contributed by atoms with Gasteiger partial charge in [-0.1, -0.05) is 0 Å². The summed E-state index contributed by atoms with van der Waals surface area (Å²) in [5.74, 6) is -1.13. The third kappa shape index (κ3) is 1.89. The van der Waals surface area contributed by atoms with Gasteiger partial charge in [0.05, 0.1) is 16.7 Å². The molecule has 10 nitrogen and oxygen atoms in total. The van der Waals surface area contributed by atoms with Gasteiger partial charge >= 0.3 is 0 Å². The predicted molar refractivity (Wildman–Crippen MR) is 68.3 cm³/mol. The highest BCUT2D eigenvalue weighted by Gasteiger charge is 2.38. The van der Waals surface area contributed by atoms with Crippen molar-refractivity contribution in [3.8, 4) is 17.2 Å². The van der Waals surface area contributed by atoms with E-state index in [-0.39, 0.29) is 23.0 Å². The van der Waals surface area contributed by atoms with Crippen molar-refractivity contribution in [2.24, 2.45) is 0 Å². The molecule has 21 heavy (non-hydrogen) atoms. The van der Waals surface area contributed by atoms with Crippen LogP contribution in [0.1, 0.15) is 11.6 Å². The van der Waals surface area contributed by atoms with Crippen LogP contribution in [-0.4, -0.2) is 35.0 Å². The van der Waals surface area contributed by atoms with Crippen LogP contribution in [0, 0.1) is 10.1 Å². The Kier molecular flexibility index (Phi) is 2.65. The van der Waals surface area contributed by atoms with Crippen LogP contribution in [0.2, 0.25) is 0 Å². The van der Waals surface area contributed by atoms with Crippen LogP contribution in [0.25, 0.3) is 0 Å². The summed E-state index contributed by atoms with van der Waals surface area (Å²) < 4.78 is 1.16. The zero-order chi connectivity index (χ0) is 15.1. The highest BCUT2D eigenvalue weighted by Crippen LogP contribution is 2.42. The van der Waals surface area contributed by atoms with E-state index >= 15 is 0 Å². The molecule has 0 saturated heterocycles. The first-order valence-corrected chi connectivity index (χ1v) is 5.74. The lowest BCUT2D eigenvalue weighted by Crippen LogP contribution is -2.25. The van der Waals surface area contributed by atoms with Gasteiger partial charge < -0.3 is 20.6 Å². The number of anilines is 1. The molecule has 0 fully saturated rings. The summed E-state index contributed by atoms with van der Waals surface area (Å²) in [7, 11) is 0. The third-order valence-corrected chi connectivity index (χ3v) is 3.05. The van der Waals surface area contributed by atoms with Crippen LogP contribution < -0.4 is 5.32 Å². The molecule has 0 aliphatic carbocycles. The fraction of sp³-hybridized carbons (Fsp3) is 0.0909. The maximum atomic E-state index is 11.2. The second-order valence-corrected chi connectivity index (χ2v) is 4.30. The van der Waals surface area contributed by atoms with Crippen molar-refractivity contribution >= 4 is 5.95 Å². The lowest BCUT2D eigenvalue weighted by Gasteiger charge is -2.22. The minimum atomic E-state index is -1.18. The van der Waals surface area contributed by atoms with E-state index in [1.54, 1.807) is 0 Å². The number of hydrogen-bond donors (Lipinski definition) is 4. The SMILES string of the molecule is O=[N+]([O-])C1=CNc2ncnn2C1c1c(O)cc(O)cc1O. The monoisotopic (exact) mass is 291 g/mol. The first-order valence-electron chi connectivity index (χ1n) is 5.74. The smallest absolute Gasteiger partial charge is 0.291 e. The minimum absolute atomic E-state index is 0.149. The molecular formula is C11H9N5O5. The Hall–Kier alpha value is -3.30. The highest BCUT2D eigenvalue weighted by molar-refractivity contribution is 5.54. The van der Waals surface area contributed by atoms with Crippen molar-refractivity contribution in [3.05, 3.63) is 46.0 Å². The molecule has 108 valence electrons. The van der Waals surface area contributed by atoms with Crippen LogP contribution in [0.3, 0.4) is 0 Å². The van der Waals surface area contributed by atoms with Crippen LogP contribution in [0.4, 0.5) is 5.95 Å². The van der Waals surface area contributed by atoms with Crippen molar-refractivity contribution in [2.45, 2.75) is 6.04 Å². The summed E-state index contributed by atoms with van der Waals surface area (Å²) in [5, 5.41) is 46.8. The van der Waals surface area contributed by atoms with Crippen LogP contribution in [0.5, 0.6) is 17.2 Å². The van der Waals surface area contributed by atoms with Crippen LogP contribution in [-0.2, 0) is 0 Å². The van der Waals surface area contributed by atoms with E-state index in [4.69, 9.17) is 0 Å². The van der Waals surface area contributed by atoms with E-state index in [2.05, 4.69) is 15.4 Å². The van der Waals surface area contributed by atoms with Gasteiger partial charge in [-0.15, -0.1) is 0 Å². The zero-order valence-corrected chi connectivity index (χ0v) is 10.3. The molecule has 10 heteroatoms. The van der Waals surface area contributed by atoms with Gasteiger partial charge in [-0.2, -0.15) is 10.1 Å². The Morgan fingerprint density at radius 3 is 2.57 bits per heavy atom. The molecule has 1 unspecified atom stereocenters. The molecule has 0 saturated carbocycles. The zero-order valence-electron chi connectivity index (χ0n) is 10.3. The van der Waals surface area contributed by atoms with Crippen molar-refractivity contribution in [3.63, 3.8) is 0 Å².